The number of rotatable bonds is 5. The first-order chi connectivity index (χ1) is 13.6. The molecule has 6 nitrogen and oxygen atoms in total. The van der Waals surface area contributed by atoms with E-state index in [1.807, 2.05) is 30.1 Å². The van der Waals surface area contributed by atoms with Crippen LogP contribution in [-0.2, 0) is 14.9 Å². The molecule has 0 N–H and O–H groups in total. The zero-order chi connectivity index (χ0) is 19.7. The van der Waals surface area contributed by atoms with Gasteiger partial charge in [0, 0.05) is 51.6 Å². The second-order valence-electron chi connectivity index (χ2n) is 8.37. The smallest absolute Gasteiger partial charge is 0.253 e. The highest BCUT2D eigenvalue weighted by molar-refractivity contribution is 6.09. The van der Waals surface area contributed by atoms with Gasteiger partial charge in [0.05, 0.1) is 5.41 Å². The van der Waals surface area contributed by atoms with Crippen LogP contribution in [0.15, 0.2) is 18.2 Å². The summed E-state index contributed by atoms with van der Waals surface area (Å²) in [4.78, 5) is 32.3. The summed E-state index contributed by atoms with van der Waals surface area (Å²) in [6.07, 6.45) is 4.82. The minimum atomic E-state index is -0.469. The molecule has 0 atom stereocenters. The predicted octanol–water partition coefficient (Wildman–Crippen LogP) is 2.27. The van der Waals surface area contributed by atoms with E-state index in [2.05, 4.69) is 4.90 Å². The van der Waals surface area contributed by atoms with Crippen LogP contribution in [-0.4, -0.2) is 75.1 Å². The van der Waals surface area contributed by atoms with Crippen LogP contribution in [0, 0.1) is 0 Å². The summed E-state index contributed by atoms with van der Waals surface area (Å²) in [5.41, 5.74) is 2.28. The fourth-order valence-electron chi connectivity index (χ4n) is 5.07. The minimum Gasteiger partial charge on any atom is -0.385 e. The number of fused-ring (bicyclic) bond motifs is 2. The monoisotopic (exact) mass is 385 g/mol. The third-order valence-electron chi connectivity index (χ3n) is 6.76. The highest BCUT2D eigenvalue weighted by atomic mass is 16.5. The van der Waals surface area contributed by atoms with Gasteiger partial charge in [0.2, 0.25) is 5.91 Å². The number of carbonyl (C=O) groups excluding carboxylic acids is 2. The lowest BCUT2D eigenvalue weighted by molar-refractivity contribution is -0.124. The van der Waals surface area contributed by atoms with Gasteiger partial charge in [-0.3, -0.25) is 9.59 Å². The van der Waals surface area contributed by atoms with Crippen LogP contribution in [0.25, 0.3) is 0 Å². The van der Waals surface area contributed by atoms with E-state index in [0.717, 1.165) is 88.2 Å². The van der Waals surface area contributed by atoms with Crippen LogP contribution < -0.4 is 4.90 Å². The van der Waals surface area contributed by atoms with Gasteiger partial charge in [0.15, 0.2) is 0 Å². The Balaban J connectivity index is 1.56. The van der Waals surface area contributed by atoms with Gasteiger partial charge in [0.1, 0.15) is 0 Å². The molecule has 3 heterocycles. The summed E-state index contributed by atoms with van der Waals surface area (Å²) in [5.74, 6) is 0.291. The number of hydrogen-bond acceptors (Lipinski definition) is 4. The second kappa shape index (κ2) is 7.84. The Labute approximate surface area is 167 Å². The maximum atomic E-state index is 13.2. The highest BCUT2D eigenvalue weighted by Crippen LogP contribution is 2.47. The summed E-state index contributed by atoms with van der Waals surface area (Å²) in [5, 5.41) is 0. The molecule has 2 saturated heterocycles. The SMILES string of the molecule is COCCCN1CCC2(CC1)C(=O)N(C)c1ccc(C(=O)N3CCCC3)cc12. The third kappa shape index (κ3) is 3.22. The van der Waals surface area contributed by atoms with Crippen LogP contribution in [0.2, 0.25) is 0 Å². The van der Waals surface area contributed by atoms with E-state index in [4.69, 9.17) is 4.74 Å². The molecule has 0 radical (unpaired) electrons. The van der Waals surface area contributed by atoms with E-state index < -0.39 is 5.41 Å². The van der Waals surface area contributed by atoms with Crippen LogP contribution >= 0.6 is 0 Å². The van der Waals surface area contributed by atoms with Crippen LogP contribution in [0.1, 0.15) is 48.0 Å². The van der Waals surface area contributed by atoms with E-state index >= 15 is 0 Å². The fraction of sp³-hybridized carbons (Fsp3) is 0.636. The summed E-state index contributed by atoms with van der Waals surface area (Å²) in [6, 6.07) is 5.87. The van der Waals surface area contributed by atoms with E-state index in [9.17, 15) is 9.59 Å². The molecule has 3 aliphatic heterocycles. The van der Waals surface area contributed by atoms with Gasteiger partial charge < -0.3 is 19.4 Å². The highest BCUT2D eigenvalue weighted by Gasteiger charge is 2.51. The zero-order valence-corrected chi connectivity index (χ0v) is 17.1. The van der Waals surface area contributed by atoms with E-state index in [1.165, 1.54) is 0 Å². The van der Waals surface area contributed by atoms with Crippen molar-refractivity contribution >= 4 is 17.5 Å². The molecule has 2 amide bonds. The number of benzene rings is 1. The van der Waals surface area contributed by atoms with Gasteiger partial charge in [-0.15, -0.1) is 0 Å². The van der Waals surface area contributed by atoms with Crippen molar-refractivity contribution in [3.05, 3.63) is 29.3 Å². The van der Waals surface area contributed by atoms with Gasteiger partial charge in [-0.1, -0.05) is 0 Å². The molecule has 0 bridgehead atoms. The Hall–Kier alpha value is -1.92. The van der Waals surface area contributed by atoms with Gasteiger partial charge in [-0.05, 0) is 69.0 Å². The minimum absolute atomic E-state index is 0.106. The van der Waals surface area contributed by atoms with Crippen molar-refractivity contribution in [2.45, 2.75) is 37.5 Å². The second-order valence-corrected chi connectivity index (χ2v) is 8.37. The van der Waals surface area contributed by atoms with Gasteiger partial charge >= 0.3 is 0 Å². The average Bonchev–Trinajstić information content (AvgIpc) is 3.33. The van der Waals surface area contributed by atoms with Crippen molar-refractivity contribution in [2.24, 2.45) is 0 Å². The Bertz CT molecular complexity index is 749. The molecule has 0 saturated carbocycles. The molecule has 1 aromatic rings. The molecule has 0 aliphatic carbocycles. The van der Waals surface area contributed by atoms with Gasteiger partial charge in [-0.25, -0.2) is 0 Å². The summed E-state index contributed by atoms with van der Waals surface area (Å²) >= 11 is 0. The van der Waals surface area contributed by atoms with E-state index in [0.29, 0.717) is 0 Å². The molecule has 4 rings (SSSR count). The van der Waals surface area contributed by atoms with Crippen molar-refractivity contribution in [2.75, 3.05) is 58.4 Å². The van der Waals surface area contributed by atoms with Crippen molar-refractivity contribution in [3.8, 4) is 0 Å². The molecule has 3 aliphatic rings. The summed E-state index contributed by atoms with van der Waals surface area (Å²) in [6.45, 7) is 5.29. The number of likely N-dealkylation sites (tertiary alicyclic amines) is 2. The Morgan fingerprint density at radius 2 is 1.86 bits per heavy atom. The Morgan fingerprint density at radius 1 is 1.14 bits per heavy atom. The molecule has 1 aromatic carbocycles. The van der Waals surface area contributed by atoms with Gasteiger partial charge in [-0.2, -0.15) is 0 Å². The van der Waals surface area contributed by atoms with Crippen molar-refractivity contribution < 1.29 is 14.3 Å². The van der Waals surface area contributed by atoms with Crippen molar-refractivity contribution in [1.82, 2.24) is 9.80 Å². The lowest BCUT2D eigenvalue weighted by Crippen LogP contribution is -2.48. The van der Waals surface area contributed by atoms with Gasteiger partial charge in [0.25, 0.3) is 5.91 Å². The molecular formula is C22H31N3O3. The first-order valence-corrected chi connectivity index (χ1v) is 10.5. The Kier molecular flexibility index (Phi) is 5.43. The molecule has 0 unspecified atom stereocenters. The number of anilines is 1. The number of carbonyl (C=O) groups is 2. The van der Waals surface area contributed by atoms with Crippen LogP contribution in [0.3, 0.4) is 0 Å². The number of nitrogens with zero attached hydrogens (tertiary/aromatic N) is 3. The quantitative estimate of drug-likeness (QED) is 0.730. The molecule has 28 heavy (non-hydrogen) atoms. The fourth-order valence-corrected chi connectivity index (χ4v) is 5.07. The first kappa shape index (κ1) is 19.4. The summed E-state index contributed by atoms with van der Waals surface area (Å²) in [7, 11) is 3.60. The molecule has 6 heteroatoms. The third-order valence-corrected chi connectivity index (χ3v) is 6.76. The van der Waals surface area contributed by atoms with E-state index in [-0.39, 0.29) is 11.8 Å². The molecule has 2 fully saturated rings. The number of ether oxygens (including phenoxy) is 1. The number of amides is 2. The maximum Gasteiger partial charge on any atom is 0.253 e. The normalized spacial score (nSPS) is 21.6. The number of methoxy groups -OCH3 is 1. The summed E-state index contributed by atoms with van der Waals surface area (Å²) < 4.78 is 5.16. The van der Waals surface area contributed by atoms with Crippen molar-refractivity contribution in [3.63, 3.8) is 0 Å². The number of piperidine rings is 1. The number of hydrogen-bond donors (Lipinski definition) is 0. The average molecular weight is 386 g/mol. The lowest BCUT2D eigenvalue weighted by atomic mass is 9.73. The first-order valence-electron chi connectivity index (χ1n) is 10.5. The largest absolute Gasteiger partial charge is 0.385 e. The topological polar surface area (TPSA) is 53.1 Å². The standard InChI is InChI=1S/C22H31N3O3/c1-23-19-7-6-17(20(26)25-11-3-4-12-25)16-18(19)22(21(23)27)8-13-24(14-9-22)10-5-15-28-2/h6-7,16H,3-5,8-15H2,1-2H3. The van der Waals surface area contributed by atoms with Crippen molar-refractivity contribution in [1.29, 1.82) is 0 Å². The molecule has 0 aromatic heterocycles. The van der Waals surface area contributed by atoms with Crippen LogP contribution in [0.4, 0.5) is 5.69 Å². The lowest BCUT2D eigenvalue weighted by Gasteiger charge is -2.38. The molecule has 152 valence electrons. The maximum absolute atomic E-state index is 13.2. The number of likely N-dealkylation sites (N-methyl/N-ethyl adjacent to an activating group) is 1. The Morgan fingerprint density at radius 3 is 2.54 bits per heavy atom. The van der Waals surface area contributed by atoms with E-state index in [1.54, 1.807) is 12.0 Å². The van der Waals surface area contributed by atoms with Crippen LogP contribution in [0.5, 0.6) is 0 Å². The molecular weight excluding hydrogens is 354 g/mol. The predicted molar refractivity (Wildman–Crippen MR) is 109 cm³/mol. The zero-order valence-electron chi connectivity index (χ0n) is 17.1. The molecule has 1 spiro atoms.